The molecule has 26 heteroatoms. The highest BCUT2D eigenvalue weighted by Crippen LogP contribution is 2.32. The minimum Gasteiger partial charge on any atom is -0.394 e. The molecule has 0 aliphatic carbocycles. The second-order valence-corrected chi connectivity index (χ2v) is 14.1. The van der Waals surface area contributed by atoms with Crippen LogP contribution in [0.25, 0.3) is 0 Å². The summed E-state index contributed by atoms with van der Waals surface area (Å²) in [4.78, 5) is 0. The van der Waals surface area contributed by atoms with Crippen molar-refractivity contribution in [3.8, 4) is 0 Å². The lowest BCUT2D eigenvalue weighted by atomic mass is 9.96. The molecule has 25 atom stereocenters. The predicted molar refractivity (Wildman–Crippen MR) is 167 cm³/mol. The average Bonchev–Trinajstić information content (AvgIpc) is 3.18. The maximum absolute atomic E-state index is 11.3. The maximum atomic E-state index is 11.3. The summed E-state index contributed by atoms with van der Waals surface area (Å²) in [6.07, 6.45) is -45.3. The van der Waals surface area contributed by atoms with E-state index in [4.69, 9.17) is 42.6 Å². The Kier molecular flexibility index (Phi) is 16.1. The normalized spacial score (nSPS) is 53.2. The molecule has 0 aromatic rings. The zero-order valence-corrected chi connectivity index (χ0v) is 29.2. The second-order valence-electron chi connectivity index (χ2n) is 14.1. The van der Waals surface area contributed by atoms with Gasteiger partial charge in [-0.25, -0.2) is 0 Å². The summed E-state index contributed by atoms with van der Waals surface area (Å²) >= 11 is 0. The molecule has 5 fully saturated rings. The van der Waals surface area contributed by atoms with Crippen LogP contribution in [0, 0.1) is 0 Å². The summed E-state index contributed by atoms with van der Waals surface area (Å²) in [6.45, 7) is -3.92. The molecule has 0 radical (unpaired) electrons. The molecule has 56 heavy (non-hydrogen) atoms. The van der Waals surface area contributed by atoms with Crippen molar-refractivity contribution in [2.75, 3.05) is 33.0 Å². The van der Waals surface area contributed by atoms with E-state index in [2.05, 4.69) is 0 Å². The number of ether oxygens (including phenoxy) is 9. The molecule has 328 valence electrons. The third kappa shape index (κ3) is 9.61. The van der Waals surface area contributed by atoms with Crippen LogP contribution < -0.4 is 0 Å². The van der Waals surface area contributed by atoms with Gasteiger partial charge in [-0.2, -0.15) is 0 Å². The van der Waals surface area contributed by atoms with E-state index in [9.17, 15) is 86.8 Å². The van der Waals surface area contributed by atoms with E-state index < -0.39 is 187 Å². The van der Waals surface area contributed by atoms with E-state index >= 15 is 0 Å². The van der Waals surface area contributed by atoms with Gasteiger partial charge in [0.25, 0.3) is 0 Å². The third-order valence-corrected chi connectivity index (χ3v) is 10.3. The maximum Gasteiger partial charge on any atom is 0.187 e. The first-order chi connectivity index (χ1) is 26.4. The zero-order valence-electron chi connectivity index (χ0n) is 29.2. The highest BCUT2D eigenvalue weighted by atomic mass is 16.8. The molecule has 0 aromatic heterocycles. The lowest BCUT2D eigenvalue weighted by molar-refractivity contribution is -0.371. The molecule has 0 bridgehead atoms. The first-order valence-corrected chi connectivity index (χ1v) is 17.6. The van der Waals surface area contributed by atoms with Gasteiger partial charge in [-0.3, -0.25) is 0 Å². The van der Waals surface area contributed by atoms with Crippen LogP contribution in [0.3, 0.4) is 0 Å². The van der Waals surface area contributed by atoms with Crippen LogP contribution >= 0.6 is 0 Å². The fraction of sp³-hybridized carbons (Fsp3) is 1.00. The van der Waals surface area contributed by atoms with Crippen molar-refractivity contribution < 1.29 is 129 Å². The topological polar surface area (TPSA) is 427 Å². The first kappa shape index (κ1) is 46.0. The van der Waals surface area contributed by atoms with Gasteiger partial charge in [0.2, 0.25) is 0 Å². The summed E-state index contributed by atoms with van der Waals surface area (Å²) in [6, 6.07) is 0. The Morgan fingerprint density at radius 3 is 1.07 bits per heavy atom. The number of aliphatic hydroxyl groups excluding tert-OH is 17. The van der Waals surface area contributed by atoms with Crippen LogP contribution in [0.15, 0.2) is 0 Å². The molecular weight excluding hydrogens is 776 g/mol. The van der Waals surface area contributed by atoms with E-state index in [1.165, 1.54) is 0 Å². The molecular formula is C30H52O26. The van der Waals surface area contributed by atoms with E-state index in [0.29, 0.717) is 0 Å². The number of aliphatic hydroxyl groups is 17. The number of hydrogen-bond acceptors (Lipinski definition) is 26. The zero-order chi connectivity index (χ0) is 41.3. The Bertz CT molecular complexity index is 1200. The van der Waals surface area contributed by atoms with Crippen LogP contribution in [-0.2, 0) is 42.6 Å². The van der Waals surface area contributed by atoms with Crippen molar-refractivity contribution in [3.05, 3.63) is 0 Å². The Labute approximate surface area is 316 Å². The van der Waals surface area contributed by atoms with Gasteiger partial charge in [-0.1, -0.05) is 0 Å². The summed E-state index contributed by atoms with van der Waals surface area (Å²) in [7, 11) is 0. The largest absolute Gasteiger partial charge is 0.394 e. The van der Waals surface area contributed by atoms with Crippen LogP contribution in [0.5, 0.6) is 0 Å². The van der Waals surface area contributed by atoms with Gasteiger partial charge in [0.1, 0.15) is 122 Å². The molecule has 5 saturated heterocycles. The SMILES string of the molecule is OC[C@H]1O[C@H](O[C@@H]2[C@@H](O)[C@@H](OC[C@H]3OC(O)[C@H](O)[C@@H](O)[C@@H]3O)O[C@H](CO[C@H]3O[C@H](CO[C@H]4O[C@H](CO)[C@@H](O)[C@H](O)[C@H]4O)[C@@H](O)[C@H](O)[C@H]3O)[C@H]2O)[C@H](O)[C@@H](O)[C@H]1O. The molecule has 5 heterocycles. The van der Waals surface area contributed by atoms with Gasteiger partial charge in [-0.05, 0) is 0 Å². The Morgan fingerprint density at radius 2 is 0.625 bits per heavy atom. The van der Waals surface area contributed by atoms with E-state index in [1.54, 1.807) is 0 Å². The van der Waals surface area contributed by atoms with Crippen LogP contribution in [0.2, 0.25) is 0 Å². The van der Waals surface area contributed by atoms with Crippen molar-refractivity contribution in [1.82, 2.24) is 0 Å². The lowest BCUT2D eigenvalue weighted by Crippen LogP contribution is -2.65. The molecule has 0 amide bonds. The van der Waals surface area contributed by atoms with Gasteiger partial charge < -0.3 is 129 Å². The highest BCUT2D eigenvalue weighted by molar-refractivity contribution is 4.96. The number of rotatable bonds is 13. The molecule has 5 aliphatic heterocycles. The second kappa shape index (κ2) is 19.6. The van der Waals surface area contributed by atoms with Crippen LogP contribution in [-0.4, -0.2) is 273 Å². The van der Waals surface area contributed by atoms with E-state index in [1.807, 2.05) is 0 Å². The van der Waals surface area contributed by atoms with Crippen LogP contribution in [0.1, 0.15) is 0 Å². The minimum absolute atomic E-state index is 0.706. The van der Waals surface area contributed by atoms with Gasteiger partial charge in [0.15, 0.2) is 31.5 Å². The predicted octanol–water partition coefficient (Wildman–Crippen LogP) is -11.9. The van der Waals surface area contributed by atoms with Gasteiger partial charge >= 0.3 is 0 Å². The summed E-state index contributed by atoms with van der Waals surface area (Å²) < 4.78 is 49.0. The van der Waals surface area contributed by atoms with Crippen LogP contribution in [0.4, 0.5) is 0 Å². The Morgan fingerprint density at radius 1 is 0.304 bits per heavy atom. The highest BCUT2D eigenvalue weighted by Gasteiger charge is 2.53. The Hall–Kier alpha value is -1.04. The first-order valence-electron chi connectivity index (χ1n) is 17.6. The Balaban J connectivity index is 1.28. The van der Waals surface area contributed by atoms with Crippen molar-refractivity contribution in [3.63, 3.8) is 0 Å². The van der Waals surface area contributed by atoms with Crippen molar-refractivity contribution in [2.45, 2.75) is 154 Å². The smallest absolute Gasteiger partial charge is 0.187 e. The molecule has 1 unspecified atom stereocenters. The minimum atomic E-state index is -2.03. The molecule has 0 saturated carbocycles. The lowest BCUT2D eigenvalue weighted by Gasteiger charge is -2.47. The molecule has 17 N–H and O–H groups in total. The van der Waals surface area contributed by atoms with E-state index in [0.717, 1.165) is 0 Å². The molecule has 0 spiro atoms. The standard InChI is InChI=1S/C30H52O26/c31-1-6-11(33)17(39)21(43)27(52-6)48-4-9-14(36)19(41)22(44)28(54-9)49-5-10-15(37)25(56-30-23(45)18(40)12(34)7(2-32)53-30)24(46)29(55-10)50-3-8-13(35)16(38)20(42)26(47)51-8/h6-47H,1-5H2/t6-,7-,8-,9-,10-,11-,12+,13-,14-,15-,16+,17+,18+,19+,20-,21-,22-,23-,24-,25+,26?,27+,28+,29+,30-/m1/s1. The monoisotopic (exact) mass is 828 g/mol. The summed E-state index contributed by atoms with van der Waals surface area (Å²) in [5.41, 5.74) is 0. The summed E-state index contributed by atoms with van der Waals surface area (Å²) in [5.74, 6) is 0. The van der Waals surface area contributed by atoms with E-state index in [-0.39, 0.29) is 0 Å². The number of hydrogen-bond donors (Lipinski definition) is 17. The molecule has 0 aromatic carbocycles. The molecule has 5 aliphatic rings. The summed E-state index contributed by atoms with van der Waals surface area (Å²) in [5, 5.41) is 175. The molecule has 5 rings (SSSR count). The van der Waals surface area contributed by atoms with Crippen molar-refractivity contribution in [1.29, 1.82) is 0 Å². The average molecular weight is 829 g/mol. The molecule has 26 nitrogen and oxygen atoms in total. The quantitative estimate of drug-likeness (QED) is 0.0819. The fourth-order valence-electron chi connectivity index (χ4n) is 6.71. The van der Waals surface area contributed by atoms with Crippen molar-refractivity contribution in [2.24, 2.45) is 0 Å². The third-order valence-electron chi connectivity index (χ3n) is 10.3. The van der Waals surface area contributed by atoms with Crippen molar-refractivity contribution >= 4 is 0 Å². The van der Waals surface area contributed by atoms with Gasteiger partial charge in [0.05, 0.1) is 33.0 Å². The van der Waals surface area contributed by atoms with Gasteiger partial charge in [-0.15, -0.1) is 0 Å². The van der Waals surface area contributed by atoms with Gasteiger partial charge in [0, 0.05) is 0 Å². The fourth-order valence-corrected chi connectivity index (χ4v) is 6.71.